The van der Waals surface area contributed by atoms with Crippen LogP contribution in [0.3, 0.4) is 0 Å². The molecule has 0 unspecified atom stereocenters. The van der Waals surface area contributed by atoms with E-state index in [4.69, 9.17) is 10.3 Å². The Hall–Kier alpha value is -1.39. The van der Waals surface area contributed by atoms with E-state index in [1.165, 1.54) is 6.26 Å². The molecule has 0 spiro atoms. The first-order valence-corrected chi connectivity index (χ1v) is 3.79. The van der Waals surface area contributed by atoms with Gasteiger partial charge >= 0.3 is 0 Å². The van der Waals surface area contributed by atoms with Crippen LogP contribution < -0.4 is 5.90 Å². The van der Waals surface area contributed by atoms with Crippen molar-refractivity contribution in [3.63, 3.8) is 0 Å². The summed E-state index contributed by atoms with van der Waals surface area (Å²) in [6.07, 6.45) is 1.45. The molecule has 13 heavy (non-hydrogen) atoms. The summed E-state index contributed by atoms with van der Waals surface area (Å²) in [6.45, 7) is 0.0625. The van der Waals surface area contributed by atoms with E-state index in [0.717, 1.165) is 0 Å². The number of hydrogen-bond donors (Lipinski definition) is 1. The largest absolute Gasteiger partial charge is 0.464 e. The van der Waals surface area contributed by atoms with Crippen molar-refractivity contribution in [2.75, 3.05) is 0 Å². The Balaban J connectivity index is 2.59. The van der Waals surface area contributed by atoms with Gasteiger partial charge in [-0.05, 0) is 18.2 Å². The van der Waals surface area contributed by atoms with E-state index in [-0.39, 0.29) is 12.4 Å². The summed E-state index contributed by atoms with van der Waals surface area (Å²) in [5, 5.41) is 0.453. The first kappa shape index (κ1) is 8.22. The quantitative estimate of drug-likeness (QED) is 0.720. The number of furan rings is 1. The summed E-state index contributed by atoms with van der Waals surface area (Å²) >= 11 is 0. The maximum absolute atomic E-state index is 13.5. The van der Waals surface area contributed by atoms with E-state index in [1.807, 2.05) is 0 Å². The van der Waals surface area contributed by atoms with Gasteiger partial charge in [-0.1, -0.05) is 0 Å². The molecule has 0 bridgehead atoms. The van der Waals surface area contributed by atoms with E-state index >= 15 is 0 Å². The monoisotopic (exact) mass is 181 g/mol. The number of nitrogens with two attached hydrogens (primary N) is 1. The fourth-order valence-corrected chi connectivity index (χ4v) is 1.26. The predicted molar refractivity (Wildman–Crippen MR) is 45.1 cm³/mol. The van der Waals surface area contributed by atoms with Gasteiger partial charge in [-0.2, -0.15) is 0 Å². The van der Waals surface area contributed by atoms with Crippen LogP contribution in [0.2, 0.25) is 0 Å². The van der Waals surface area contributed by atoms with Crippen molar-refractivity contribution < 1.29 is 13.6 Å². The molecule has 2 rings (SSSR count). The third-order valence-corrected chi connectivity index (χ3v) is 1.89. The standard InChI is InChI=1S/C9H8FNO2/c10-9-6(5-13-11)1-2-8-7(9)3-4-12-8/h1-4H,5,11H2. The van der Waals surface area contributed by atoms with Gasteiger partial charge in [0.25, 0.3) is 0 Å². The van der Waals surface area contributed by atoms with Gasteiger partial charge in [-0.15, -0.1) is 0 Å². The van der Waals surface area contributed by atoms with Crippen molar-refractivity contribution in [1.82, 2.24) is 0 Å². The molecule has 2 N–H and O–H groups in total. The minimum absolute atomic E-state index is 0.0625. The van der Waals surface area contributed by atoms with Crippen molar-refractivity contribution >= 4 is 11.0 Å². The van der Waals surface area contributed by atoms with Crippen molar-refractivity contribution in [2.45, 2.75) is 6.61 Å². The predicted octanol–water partition coefficient (Wildman–Crippen LogP) is 1.96. The molecule has 1 heterocycles. The van der Waals surface area contributed by atoms with E-state index in [0.29, 0.717) is 16.5 Å². The first-order chi connectivity index (χ1) is 6.33. The average molecular weight is 181 g/mol. The average Bonchev–Trinajstić information content (AvgIpc) is 2.58. The molecule has 0 amide bonds. The van der Waals surface area contributed by atoms with Crippen molar-refractivity contribution in [1.29, 1.82) is 0 Å². The normalized spacial score (nSPS) is 10.9. The van der Waals surface area contributed by atoms with Gasteiger partial charge in [0.15, 0.2) is 0 Å². The molecule has 2 aromatic rings. The molecule has 0 fully saturated rings. The number of rotatable bonds is 2. The Kier molecular flexibility index (Phi) is 2.00. The number of halogens is 1. The molecular weight excluding hydrogens is 173 g/mol. The van der Waals surface area contributed by atoms with Gasteiger partial charge in [0.1, 0.15) is 11.4 Å². The van der Waals surface area contributed by atoms with Gasteiger partial charge in [0.05, 0.1) is 18.3 Å². The Labute approximate surface area is 73.8 Å². The van der Waals surface area contributed by atoms with Gasteiger partial charge < -0.3 is 4.42 Å². The fraction of sp³-hybridized carbons (Fsp3) is 0.111. The fourth-order valence-electron chi connectivity index (χ4n) is 1.26. The number of hydrogen-bond acceptors (Lipinski definition) is 3. The van der Waals surface area contributed by atoms with Crippen LogP contribution in [0.15, 0.2) is 28.9 Å². The zero-order valence-electron chi connectivity index (χ0n) is 6.79. The highest BCUT2D eigenvalue weighted by Crippen LogP contribution is 2.22. The molecule has 0 aliphatic carbocycles. The third kappa shape index (κ3) is 1.30. The summed E-state index contributed by atoms with van der Waals surface area (Å²) in [6, 6.07) is 4.85. The van der Waals surface area contributed by atoms with E-state index in [1.54, 1.807) is 18.2 Å². The minimum Gasteiger partial charge on any atom is -0.464 e. The summed E-state index contributed by atoms with van der Waals surface area (Å²) < 4.78 is 18.5. The highest BCUT2D eigenvalue weighted by Gasteiger charge is 2.08. The SMILES string of the molecule is NOCc1ccc2occc2c1F. The zero-order valence-corrected chi connectivity index (χ0v) is 6.79. The Morgan fingerprint density at radius 2 is 2.23 bits per heavy atom. The van der Waals surface area contributed by atoms with Gasteiger partial charge in [-0.25, -0.2) is 10.3 Å². The van der Waals surface area contributed by atoms with Crippen molar-refractivity contribution in [3.8, 4) is 0 Å². The molecule has 1 aromatic carbocycles. The molecule has 68 valence electrons. The van der Waals surface area contributed by atoms with Crippen LogP contribution in [0.1, 0.15) is 5.56 Å². The zero-order chi connectivity index (χ0) is 9.26. The van der Waals surface area contributed by atoms with E-state index in [2.05, 4.69) is 4.84 Å². The summed E-state index contributed by atoms with van der Waals surface area (Å²) in [5.41, 5.74) is 0.953. The molecule has 0 aliphatic heterocycles. The van der Waals surface area contributed by atoms with Crippen LogP contribution in [0, 0.1) is 5.82 Å². The van der Waals surface area contributed by atoms with Crippen molar-refractivity contribution in [2.24, 2.45) is 5.90 Å². The maximum Gasteiger partial charge on any atom is 0.139 e. The summed E-state index contributed by atoms with van der Waals surface area (Å²) in [5.74, 6) is 4.52. The Bertz CT molecular complexity index is 424. The molecule has 4 heteroatoms. The first-order valence-electron chi connectivity index (χ1n) is 3.79. The highest BCUT2D eigenvalue weighted by molar-refractivity contribution is 5.78. The van der Waals surface area contributed by atoms with E-state index in [9.17, 15) is 4.39 Å². The van der Waals surface area contributed by atoms with Gasteiger partial charge in [0, 0.05) is 5.56 Å². The molecule has 0 saturated carbocycles. The van der Waals surface area contributed by atoms with Crippen LogP contribution in [0.25, 0.3) is 11.0 Å². The van der Waals surface area contributed by atoms with Gasteiger partial charge in [0.2, 0.25) is 0 Å². The van der Waals surface area contributed by atoms with Crippen molar-refractivity contribution in [3.05, 3.63) is 35.8 Å². The maximum atomic E-state index is 13.5. The second kappa shape index (κ2) is 3.16. The van der Waals surface area contributed by atoms with Crippen LogP contribution in [0.5, 0.6) is 0 Å². The molecule has 0 aliphatic rings. The Morgan fingerprint density at radius 3 is 3.00 bits per heavy atom. The third-order valence-electron chi connectivity index (χ3n) is 1.89. The topological polar surface area (TPSA) is 48.4 Å². The molecule has 1 aromatic heterocycles. The second-order valence-corrected chi connectivity index (χ2v) is 2.68. The molecule has 0 radical (unpaired) electrons. The lowest BCUT2D eigenvalue weighted by atomic mass is 10.1. The number of benzene rings is 1. The van der Waals surface area contributed by atoms with Gasteiger partial charge in [-0.3, -0.25) is 4.84 Å². The van der Waals surface area contributed by atoms with Crippen LogP contribution in [-0.4, -0.2) is 0 Å². The highest BCUT2D eigenvalue weighted by atomic mass is 19.1. The van der Waals surface area contributed by atoms with E-state index < -0.39 is 0 Å². The smallest absolute Gasteiger partial charge is 0.139 e. The minimum atomic E-state index is -0.336. The lowest BCUT2D eigenvalue weighted by Crippen LogP contribution is -2.00. The molecule has 0 atom stereocenters. The lowest BCUT2D eigenvalue weighted by Gasteiger charge is -2.00. The van der Waals surface area contributed by atoms with Crippen LogP contribution >= 0.6 is 0 Å². The van der Waals surface area contributed by atoms with Crippen LogP contribution in [-0.2, 0) is 11.4 Å². The summed E-state index contributed by atoms with van der Waals surface area (Å²) in [4.78, 5) is 4.36. The second-order valence-electron chi connectivity index (χ2n) is 2.68. The summed E-state index contributed by atoms with van der Waals surface area (Å²) in [7, 11) is 0. The number of fused-ring (bicyclic) bond motifs is 1. The molecular formula is C9H8FNO2. The molecule has 3 nitrogen and oxygen atoms in total. The lowest BCUT2D eigenvalue weighted by molar-refractivity contribution is 0.121. The van der Waals surface area contributed by atoms with Crippen LogP contribution in [0.4, 0.5) is 4.39 Å². The Morgan fingerprint density at radius 1 is 1.38 bits per heavy atom. The molecule has 0 saturated heterocycles.